The van der Waals surface area contributed by atoms with Gasteiger partial charge in [0.15, 0.2) is 0 Å². The lowest BCUT2D eigenvalue weighted by atomic mass is 10.1. The Labute approximate surface area is 140 Å². The third-order valence-corrected chi connectivity index (χ3v) is 3.12. The first-order valence-electron chi connectivity index (χ1n) is 7.04. The van der Waals surface area contributed by atoms with Crippen LogP contribution in [0.1, 0.15) is 31.1 Å². The van der Waals surface area contributed by atoms with Crippen molar-refractivity contribution in [2.75, 3.05) is 17.7 Å². The molecule has 0 atom stereocenters. The van der Waals surface area contributed by atoms with Crippen molar-refractivity contribution in [3.05, 3.63) is 41.0 Å². The highest BCUT2D eigenvalue weighted by Gasteiger charge is 2.12. The molecule has 0 aliphatic heterocycles. The molecule has 2 N–H and O–H groups in total. The summed E-state index contributed by atoms with van der Waals surface area (Å²) in [6.45, 7) is 6.12. The number of hydrogen-bond donors (Lipinski definition) is 2. The zero-order valence-electron chi connectivity index (χ0n) is 13.5. The third-order valence-electron chi connectivity index (χ3n) is 2.79. The Kier molecular flexibility index (Phi) is 5.05. The van der Waals surface area contributed by atoms with Crippen molar-refractivity contribution in [1.29, 1.82) is 0 Å². The van der Waals surface area contributed by atoms with E-state index in [-0.39, 0.29) is 5.54 Å². The maximum absolute atomic E-state index is 11.6. The van der Waals surface area contributed by atoms with Crippen molar-refractivity contribution in [2.24, 2.45) is 0 Å². The molecule has 0 fully saturated rings. The fourth-order valence-corrected chi connectivity index (χ4v) is 2.02. The number of nitrogens with zero attached hydrogens (tertiary/aromatic N) is 2. The second-order valence-electron chi connectivity index (χ2n) is 5.95. The number of rotatable bonds is 4. The number of nitrogens with one attached hydrogen (secondary N) is 2. The van der Waals surface area contributed by atoms with Crippen LogP contribution in [0.15, 0.2) is 30.5 Å². The molecule has 122 valence electrons. The maximum atomic E-state index is 11.6. The first-order valence-corrected chi connectivity index (χ1v) is 7.42. The van der Waals surface area contributed by atoms with Gasteiger partial charge in [-0.3, -0.25) is 0 Å². The third kappa shape index (κ3) is 4.82. The first kappa shape index (κ1) is 17.0. The van der Waals surface area contributed by atoms with Crippen LogP contribution in [0.25, 0.3) is 0 Å². The number of carbonyl (C=O) groups is 1. The standard InChI is InChI=1S/C16H19ClN4O2/c1-16(2,3)21-13-7-8-18-15(20-13)19-12-9-10(14(22)23-4)5-6-11(12)17/h5-9H,1-4H3,(H2,18,19,20,21). The summed E-state index contributed by atoms with van der Waals surface area (Å²) in [5.41, 5.74) is 0.805. The number of anilines is 3. The van der Waals surface area contributed by atoms with Crippen LogP contribution in [0.2, 0.25) is 5.02 Å². The lowest BCUT2D eigenvalue weighted by Gasteiger charge is -2.21. The van der Waals surface area contributed by atoms with Crippen molar-refractivity contribution in [3.63, 3.8) is 0 Å². The van der Waals surface area contributed by atoms with E-state index in [2.05, 4.69) is 20.6 Å². The topological polar surface area (TPSA) is 76.1 Å². The Bertz CT molecular complexity index is 713. The fourth-order valence-electron chi connectivity index (χ4n) is 1.86. The number of hydrogen-bond acceptors (Lipinski definition) is 6. The van der Waals surface area contributed by atoms with Crippen molar-refractivity contribution in [2.45, 2.75) is 26.3 Å². The maximum Gasteiger partial charge on any atom is 0.337 e. The van der Waals surface area contributed by atoms with E-state index >= 15 is 0 Å². The molecule has 0 aliphatic rings. The van der Waals surface area contributed by atoms with Crippen LogP contribution in [0.5, 0.6) is 0 Å². The SMILES string of the molecule is COC(=O)c1ccc(Cl)c(Nc2nccc(NC(C)(C)C)n2)c1. The second-order valence-corrected chi connectivity index (χ2v) is 6.36. The Balaban J connectivity index is 2.25. The lowest BCUT2D eigenvalue weighted by Crippen LogP contribution is -2.26. The number of benzene rings is 1. The number of aromatic nitrogens is 2. The van der Waals surface area contributed by atoms with Crippen molar-refractivity contribution >= 4 is 35.0 Å². The van der Waals surface area contributed by atoms with Gasteiger partial charge in [0.25, 0.3) is 0 Å². The summed E-state index contributed by atoms with van der Waals surface area (Å²) >= 11 is 6.15. The smallest absolute Gasteiger partial charge is 0.337 e. The van der Waals surface area contributed by atoms with E-state index in [0.717, 1.165) is 0 Å². The van der Waals surface area contributed by atoms with E-state index in [9.17, 15) is 4.79 Å². The summed E-state index contributed by atoms with van der Waals surface area (Å²) in [6, 6.07) is 6.59. The molecule has 2 rings (SSSR count). The van der Waals surface area contributed by atoms with Crippen LogP contribution >= 0.6 is 11.6 Å². The van der Waals surface area contributed by atoms with Crippen LogP contribution in [0.4, 0.5) is 17.5 Å². The van der Waals surface area contributed by atoms with E-state index in [1.807, 2.05) is 20.8 Å². The van der Waals surface area contributed by atoms with Gasteiger partial charge in [0.05, 0.1) is 23.4 Å². The molecule has 1 aromatic heterocycles. The molecule has 6 nitrogen and oxygen atoms in total. The quantitative estimate of drug-likeness (QED) is 0.826. The van der Waals surface area contributed by atoms with Crippen LogP contribution in [-0.2, 0) is 4.74 Å². The fraction of sp³-hybridized carbons (Fsp3) is 0.312. The van der Waals surface area contributed by atoms with Gasteiger partial charge in [0.2, 0.25) is 5.95 Å². The Morgan fingerprint density at radius 2 is 2.00 bits per heavy atom. The molecule has 0 aliphatic carbocycles. The minimum atomic E-state index is -0.436. The normalized spacial score (nSPS) is 11.0. The molecule has 0 saturated carbocycles. The summed E-state index contributed by atoms with van der Waals surface area (Å²) in [5, 5.41) is 6.73. The number of halogens is 1. The minimum absolute atomic E-state index is 0.117. The van der Waals surface area contributed by atoms with Crippen molar-refractivity contribution < 1.29 is 9.53 Å². The van der Waals surface area contributed by atoms with Gasteiger partial charge in [-0.25, -0.2) is 9.78 Å². The predicted octanol–water partition coefficient (Wildman–Crippen LogP) is 3.87. The van der Waals surface area contributed by atoms with Crippen molar-refractivity contribution in [1.82, 2.24) is 9.97 Å². The summed E-state index contributed by atoms with van der Waals surface area (Å²) in [4.78, 5) is 20.2. The van der Waals surface area contributed by atoms with E-state index in [4.69, 9.17) is 16.3 Å². The highest BCUT2D eigenvalue weighted by atomic mass is 35.5. The van der Waals surface area contributed by atoms with E-state index in [1.54, 1.807) is 30.5 Å². The highest BCUT2D eigenvalue weighted by Crippen LogP contribution is 2.26. The van der Waals surface area contributed by atoms with Crippen LogP contribution < -0.4 is 10.6 Å². The van der Waals surface area contributed by atoms with Crippen molar-refractivity contribution in [3.8, 4) is 0 Å². The Hall–Kier alpha value is -2.34. The molecule has 0 spiro atoms. The summed E-state index contributed by atoms with van der Waals surface area (Å²) in [6.07, 6.45) is 1.64. The van der Waals surface area contributed by atoms with E-state index in [0.29, 0.717) is 28.0 Å². The molecule has 1 aromatic carbocycles. The van der Waals surface area contributed by atoms with Gasteiger partial charge in [-0.2, -0.15) is 4.98 Å². The number of methoxy groups -OCH3 is 1. The molecule has 1 heterocycles. The number of carbonyl (C=O) groups excluding carboxylic acids is 1. The summed E-state index contributed by atoms with van der Waals surface area (Å²) in [7, 11) is 1.33. The van der Waals surface area contributed by atoms with Gasteiger partial charge in [-0.15, -0.1) is 0 Å². The number of ether oxygens (including phenoxy) is 1. The first-order chi connectivity index (χ1) is 10.8. The zero-order valence-corrected chi connectivity index (χ0v) is 14.2. The van der Waals surface area contributed by atoms with E-state index < -0.39 is 5.97 Å². The number of esters is 1. The summed E-state index contributed by atoms with van der Waals surface area (Å²) < 4.78 is 4.70. The largest absolute Gasteiger partial charge is 0.465 e. The molecule has 23 heavy (non-hydrogen) atoms. The van der Waals surface area contributed by atoms with Gasteiger partial charge in [0.1, 0.15) is 5.82 Å². The summed E-state index contributed by atoms with van der Waals surface area (Å²) in [5.74, 6) is 0.632. The Morgan fingerprint density at radius 3 is 2.65 bits per heavy atom. The lowest BCUT2D eigenvalue weighted by molar-refractivity contribution is 0.0601. The van der Waals surface area contributed by atoms with Crippen LogP contribution in [0.3, 0.4) is 0 Å². The van der Waals surface area contributed by atoms with Gasteiger partial charge in [0, 0.05) is 11.7 Å². The van der Waals surface area contributed by atoms with E-state index in [1.165, 1.54) is 7.11 Å². The molecule has 0 bridgehead atoms. The zero-order chi connectivity index (χ0) is 17.0. The Morgan fingerprint density at radius 1 is 1.26 bits per heavy atom. The average Bonchev–Trinajstić information content (AvgIpc) is 2.47. The molecular weight excluding hydrogens is 316 g/mol. The minimum Gasteiger partial charge on any atom is -0.465 e. The van der Waals surface area contributed by atoms with Crippen LogP contribution in [-0.4, -0.2) is 28.6 Å². The molecular formula is C16H19ClN4O2. The molecule has 7 heteroatoms. The van der Waals surface area contributed by atoms with Gasteiger partial charge in [-0.05, 0) is 45.0 Å². The highest BCUT2D eigenvalue weighted by molar-refractivity contribution is 6.33. The molecule has 0 unspecified atom stereocenters. The van der Waals surface area contributed by atoms with Crippen LogP contribution in [0, 0.1) is 0 Å². The van der Waals surface area contributed by atoms with Gasteiger partial charge < -0.3 is 15.4 Å². The monoisotopic (exact) mass is 334 g/mol. The molecule has 0 radical (unpaired) electrons. The van der Waals surface area contributed by atoms with Gasteiger partial charge >= 0.3 is 5.97 Å². The molecule has 0 saturated heterocycles. The predicted molar refractivity (Wildman–Crippen MR) is 91.5 cm³/mol. The molecule has 0 amide bonds. The molecule has 2 aromatic rings. The second kappa shape index (κ2) is 6.83. The van der Waals surface area contributed by atoms with Gasteiger partial charge in [-0.1, -0.05) is 11.6 Å². The average molecular weight is 335 g/mol.